The van der Waals surface area contributed by atoms with Crippen LogP contribution in [0.2, 0.25) is 0 Å². The zero-order chi connectivity index (χ0) is 16.2. The van der Waals surface area contributed by atoms with Gasteiger partial charge >= 0.3 is 159 Å². The molecule has 3 unspecified atom stereocenters. The number of hydrogen-bond donors (Lipinski definition) is 2. The zero-order valence-electron chi connectivity index (χ0n) is 13.2. The summed E-state index contributed by atoms with van der Waals surface area (Å²) in [6.07, 6.45) is 5.25. The van der Waals surface area contributed by atoms with Crippen molar-refractivity contribution in [2.75, 3.05) is 7.05 Å². The molecule has 2 bridgehead atoms. The first-order chi connectivity index (χ1) is 11.6. The predicted molar refractivity (Wildman–Crippen MR) is 91.8 cm³/mol. The van der Waals surface area contributed by atoms with Gasteiger partial charge in [-0.15, -0.1) is 0 Å². The normalized spacial score (nSPS) is 40.7. The van der Waals surface area contributed by atoms with Crippen molar-refractivity contribution >= 4 is 37.5 Å². The molecule has 4 aliphatic rings. The van der Waals surface area contributed by atoms with E-state index in [0.29, 0.717) is 0 Å². The van der Waals surface area contributed by atoms with Crippen molar-refractivity contribution in [1.29, 1.82) is 0 Å². The van der Waals surface area contributed by atoms with Gasteiger partial charge in [0.15, 0.2) is 0 Å². The molecular weight excluding hydrogens is 536 g/mol. The van der Waals surface area contributed by atoms with Crippen LogP contribution in [0.5, 0.6) is 0 Å². The van der Waals surface area contributed by atoms with Crippen LogP contribution in [-0.4, -0.2) is 23.3 Å². The first kappa shape index (κ1) is 14.9. The molecule has 1 aliphatic carbocycles. The Balaban J connectivity index is 1.35. The van der Waals surface area contributed by atoms with Crippen molar-refractivity contribution in [2.45, 2.75) is 44.9 Å². The van der Waals surface area contributed by atoms with Crippen molar-refractivity contribution in [2.24, 2.45) is 0 Å². The molecule has 8 heteroatoms. The van der Waals surface area contributed by atoms with Crippen LogP contribution in [0.25, 0.3) is 11.2 Å². The average Bonchev–Trinajstić information content (AvgIpc) is 3.54. The number of hydrogen-bond acceptors (Lipinski definition) is 6. The third kappa shape index (κ3) is 1.69. The Morgan fingerprint density at radius 1 is 1.38 bits per heavy atom. The quantitative estimate of drug-likeness (QED) is 0.132. The van der Waals surface area contributed by atoms with Crippen LogP contribution in [0.4, 0.5) is 0 Å². The molecule has 3 aliphatic heterocycles. The number of alkyl halides is 2. The second-order valence-electron chi connectivity index (χ2n) is 7.01. The Bertz CT molecular complexity index is 838. The average molecular weight is 554 g/mol. The summed E-state index contributed by atoms with van der Waals surface area (Å²) in [6, 6.07) is 6.06. The molecule has 0 radical (unpaired) electrons. The van der Waals surface area contributed by atoms with Gasteiger partial charge in [0.25, 0.3) is 0 Å². The first-order valence-electron chi connectivity index (χ1n) is 8.31. The Labute approximate surface area is 158 Å². The minimum atomic E-state index is -1.17. The monoisotopic (exact) mass is 554 g/mol. The van der Waals surface area contributed by atoms with E-state index in [2.05, 4.69) is 23.3 Å². The van der Waals surface area contributed by atoms with Gasteiger partial charge in [-0.1, -0.05) is 0 Å². The van der Waals surface area contributed by atoms with Crippen molar-refractivity contribution in [3.8, 4) is 0 Å². The summed E-state index contributed by atoms with van der Waals surface area (Å²) in [5.74, 6) is -0.0212. The van der Waals surface area contributed by atoms with Crippen molar-refractivity contribution < 1.29 is 35.4 Å². The van der Waals surface area contributed by atoms with Gasteiger partial charge in [0.1, 0.15) is 0 Å². The summed E-state index contributed by atoms with van der Waals surface area (Å²) >= 11 is -1.48. The molecule has 0 spiro atoms. The van der Waals surface area contributed by atoms with Crippen LogP contribution in [0.1, 0.15) is 37.7 Å². The number of nitrogens with zero attached hydrogens (tertiary/aromatic N) is 1. The maximum absolute atomic E-state index is 13.2. The van der Waals surface area contributed by atoms with Crippen LogP contribution in [0.3, 0.4) is 0 Å². The molecule has 1 saturated carbocycles. The molecule has 3 atom stereocenters. The van der Waals surface area contributed by atoms with Crippen LogP contribution < -0.4 is 28.5 Å². The van der Waals surface area contributed by atoms with E-state index in [1.54, 1.807) is 0 Å². The number of benzene rings is 1. The van der Waals surface area contributed by atoms with Crippen molar-refractivity contribution in [3.63, 3.8) is 0 Å². The second-order valence-corrected chi connectivity index (χ2v) is 14.8. The van der Waals surface area contributed by atoms with E-state index in [1.165, 1.54) is 6.42 Å². The molecule has 130 valence electrons. The Morgan fingerprint density at radius 3 is 2.62 bits per heavy atom. The van der Waals surface area contributed by atoms with Gasteiger partial charge in [-0.25, -0.2) is 0 Å². The summed E-state index contributed by atoms with van der Waals surface area (Å²) in [4.78, 5) is 13.2. The number of esters is 1. The van der Waals surface area contributed by atoms with E-state index in [1.807, 2.05) is 12.1 Å². The number of carbonyl (C=O) groups is 1. The number of rotatable bonds is 4. The zero-order valence-corrected chi connectivity index (χ0v) is 17.5. The summed E-state index contributed by atoms with van der Waals surface area (Å²) in [5, 5.41) is 0. The van der Waals surface area contributed by atoms with Crippen molar-refractivity contribution in [1.82, 2.24) is 10.2 Å². The molecule has 2 aromatic heterocycles. The fourth-order valence-corrected chi connectivity index (χ4v) is 15.3. The van der Waals surface area contributed by atoms with Gasteiger partial charge in [0.05, 0.1) is 0 Å². The SMILES string of the molecule is CN1I2NC12C1(C(=O)OC2(c3cc4ccc3o4)CCCCC2)N[I-]1. The van der Waals surface area contributed by atoms with Gasteiger partial charge in [-0.2, -0.15) is 0 Å². The number of furan rings is 2. The number of carbonyl (C=O) groups excluding carboxylic acids is 1. The second kappa shape index (κ2) is 4.56. The molecule has 2 N–H and O–H groups in total. The molecule has 2 aromatic rings. The Kier molecular flexibility index (Phi) is 2.84. The summed E-state index contributed by atoms with van der Waals surface area (Å²) < 4.78 is 21.2. The summed E-state index contributed by atoms with van der Waals surface area (Å²) in [7, 11) is 2.14. The number of ether oxygens (including phenoxy) is 1. The van der Waals surface area contributed by atoms with Crippen LogP contribution in [0, 0.1) is 0 Å². The van der Waals surface area contributed by atoms with Crippen LogP contribution in [-0.2, 0) is 15.1 Å². The molecule has 6 nitrogen and oxygen atoms in total. The Morgan fingerprint density at radius 2 is 2.12 bits per heavy atom. The molecule has 6 rings (SSSR count). The first-order valence-corrected chi connectivity index (χ1v) is 13.6. The van der Waals surface area contributed by atoms with Crippen LogP contribution in [0.15, 0.2) is 22.6 Å². The van der Waals surface area contributed by atoms with E-state index in [-0.39, 0.29) is 34.7 Å². The molecule has 0 amide bonds. The maximum atomic E-state index is 13.2. The summed E-state index contributed by atoms with van der Waals surface area (Å²) in [6.45, 7) is 0. The van der Waals surface area contributed by atoms with E-state index in [4.69, 9.17) is 9.15 Å². The topological polar surface area (TPSA) is 86.3 Å². The Hall–Kier alpha value is -0.170. The number of likely N-dealkylation sites (N-methyl/N-ethyl adjacent to an activating group) is 1. The van der Waals surface area contributed by atoms with E-state index < -0.39 is 26.0 Å². The van der Waals surface area contributed by atoms with Gasteiger partial charge in [0, 0.05) is 0 Å². The molecule has 5 heterocycles. The standard InChI is InChI=1S/C16H18I2N3O3/c1-21-16(18(21)20-16)15(17-19-15)13(22)24-14(7-3-2-4-8-14)11-9-10-5-6-12(11)23-10/h5-6,9,19-20H,2-4,7-8H2,1H3/q-1. The molecule has 0 aromatic carbocycles. The summed E-state index contributed by atoms with van der Waals surface area (Å²) in [5.41, 5.74) is 2.36. The van der Waals surface area contributed by atoms with Crippen molar-refractivity contribution in [3.05, 3.63) is 23.8 Å². The number of halogens is 2. The van der Waals surface area contributed by atoms with Gasteiger partial charge < -0.3 is 0 Å². The molecule has 3 saturated heterocycles. The molecular formula is C16H18I2N3O3-. The predicted octanol–water partition coefficient (Wildman–Crippen LogP) is -0.584. The minimum absolute atomic E-state index is 0.0124. The fourth-order valence-electron chi connectivity index (χ4n) is 4.18. The number of nitrogens with one attached hydrogen (secondary N) is 2. The van der Waals surface area contributed by atoms with E-state index in [0.717, 1.165) is 42.4 Å². The molecule has 4 fully saturated rings. The van der Waals surface area contributed by atoms with E-state index in [9.17, 15) is 4.79 Å². The third-order valence-corrected chi connectivity index (χ3v) is 15.3. The fraction of sp³-hybridized carbons (Fsp3) is 0.562. The van der Waals surface area contributed by atoms with Gasteiger partial charge in [0.2, 0.25) is 0 Å². The van der Waals surface area contributed by atoms with Gasteiger partial charge in [-0.3, -0.25) is 0 Å². The number of fused-ring (bicyclic) bond motifs is 3. The van der Waals surface area contributed by atoms with E-state index >= 15 is 0 Å². The third-order valence-electron chi connectivity index (χ3n) is 5.73. The molecule has 24 heavy (non-hydrogen) atoms. The van der Waals surface area contributed by atoms with Gasteiger partial charge in [-0.05, 0) is 0 Å². The van der Waals surface area contributed by atoms with Crippen LogP contribution >= 0.6 is 20.4 Å².